The van der Waals surface area contributed by atoms with E-state index in [-0.39, 0.29) is 6.61 Å². The van der Waals surface area contributed by atoms with Gasteiger partial charge in [0.1, 0.15) is 6.61 Å². The van der Waals surface area contributed by atoms with E-state index in [1.807, 2.05) is 54.6 Å². The Bertz CT molecular complexity index is 785. The average Bonchev–Trinajstić information content (AvgIpc) is 3.03. The van der Waals surface area contributed by atoms with Crippen LogP contribution in [-0.4, -0.2) is 15.9 Å². The van der Waals surface area contributed by atoms with Crippen LogP contribution in [0.25, 0.3) is 5.69 Å². The van der Waals surface area contributed by atoms with Crippen LogP contribution in [0.3, 0.4) is 0 Å². The van der Waals surface area contributed by atoms with Crippen LogP contribution in [0.5, 0.6) is 0 Å². The largest absolute Gasteiger partial charge is 0.444 e. The molecule has 0 spiro atoms. The van der Waals surface area contributed by atoms with Crippen molar-refractivity contribution in [2.75, 3.05) is 5.32 Å². The van der Waals surface area contributed by atoms with Gasteiger partial charge in [0.25, 0.3) is 0 Å². The Hall–Kier alpha value is -2.60. The zero-order chi connectivity index (χ0) is 16.1. The minimum absolute atomic E-state index is 0.222. The fraction of sp³-hybridized carbons (Fsp3) is 0.0588. The Kier molecular flexibility index (Phi) is 4.73. The smallest absolute Gasteiger partial charge is 0.413 e. The highest BCUT2D eigenvalue weighted by Gasteiger charge is 2.07. The summed E-state index contributed by atoms with van der Waals surface area (Å²) in [7, 11) is 0. The lowest BCUT2D eigenvalue weighted by Gasteiger charge is -2.05. The zero-order valence-corrected chi connectivity index (χ0v) is 13.7. The summed E-state index contributed by atoms with van der Waals surface area (Å²) >= 11 is 3.39. The second kappa shape index (κ2) is 7.11. The molecular formula is C17H14BrN3O2. The number of nitrogens with one attached hydrogen (secondary N) is 1. The summed E-state index contributed by atoms with van der Waals surface area (Å²) in [4.78, 5) is 11.8. The Morgan fingerprint density at radius 3 is 2.57 bits per heavy atom. The van der Waals surface area contributed by atoms with Crippen LogP contribution in [0.15, 0.2) is 71.3 Å². The van der Waals surface area contributed by atoms with Crippen LogP contribution >= 0.6 is 15.9 Å². The summed E-state index contributed by atoms with van der Waals surface area (Å²) in [5, 5.41) is 6.91. The van der Waals surface area contributed by atoms with E-state index in [2.05, 4.69) is 26.3 Å². The predicted octanol–water partition coefficient (Wildman–Crippen LogP) is 4.38. The third kappa shape index (κ3) is 4.20. The Morgan fingerprint density at radius 2 is 1.83 bits per heavy atom. The van der Waals surface area contributed by atoms with Crippen molar-refractivity contribution in [1.29, 1.82) is 0 Å². The number of ether oxygens (including phenoxy) is 1. The van der Waals surface area contributed by atoms with E-state index in [1.165, 1.54) is 0 Å². The van der Waals surface area contributed by atoms with Crippen molar-refractivity contribution in [1.82, 2.24) is 9.78 Å². The van der Waals surface area contributed by atoms with Gasteiger partial charge in [-0.2, -0.15) is 0 Å². The molecule has 6 heteroatoms. The number of nitrogens with zero attached hydrogens (tertiary/aromatic N) is 2. The van der Waals surface area contributed by atoms with Gasteiger partial charge < -0.3 is 4.74 Å². The molecule has 0 saturated heterocycles. The highest BCUT2D eigenvalue weighted by molar-refractivity contribution is 9.10. The summed E-state index contributed by atoms with van der Waals surface area (Å²) in [5.41, 5.74) is 1.84. The normalized spacial score (nSPS) is 10.3. The number of carbonyl (C=O) groups is 1. The molecule has 0 fully saturated rings. The van der Waals surface area contributed by atoms with E-state index >= 15 is 0 Å². The topological polar surface area (TPSA) is 56.2 Å². The Morgan fingerprint density at radius 1 is 1.09 bits per heavy atom. The van der Waals surface area contributed by atoms with E-state index in [9.17, 15) is 4.79 Å². The molecule has 0 aliphatic carbocycles. The molecule has 1 aromatic heterocycles. The lowest BCUT2D eigenvalue weighted by molar-refractivity contribution is 0.155. The van der Waals surface area contributed by atoms with Gasteiger partial charge in [-0.05, 0) is 29.8 Å². The van der Waals surface area contributed by atoms with Crippen LogP contribution in [-0.2, 0) is 11.3 Å². The molecule has 0 bridgehead atoms. The first-order chi connectivity index (χ1) is 11.2. The first-order valence-corrected chi connectivity index (χ1v) is 7.79. The van der Waals surface area contributed by atoms with E-state index < -0.39 is 6.09 Å². The third-order valence-corrected chi connectivity index (χ3v) is 3.65. The summed E-state index contributed by atoms with van der Waals surface area (Å²) < 4.78 is 7.83. The molecule has 23 heavy (non-hydrogen) atoms. The van der Waals surface area contributed by atoms with Crippen molar-refractivity contribution >= 4 is 27.8 Å². The number of aromatic nitrogens is 2. The number of amides is 1. The maximum absolute atomic E-state index is 11.8. The van der Waals surface area contributed by atoms with Gasteiger partial charge in [-0.25, -0.2) is 9.48 Å². The van der Waals surface area contributed by atoms with Crippen LogP contribution in [0, 0.1) is 0 Å². The third-order valence-electron chi connectivity index (χ3n) is 3.12. The van der Waals surface area contributed by atoms with Crippen LogP contribution in [0.1, 0.15) is 5.56 Å². The standard InChI is InChI=1S/C17H14BrN3O2/c18-14-6-8-15(9-7-14)21-11-10-16(20-21)19-17(22)23-12-13-4-2-1-3-5-13/h1-11H,12H2,(H,19,20,22). The SMILES string of the molecule is O=C(Nc1ccn(-c2ccc(Br)cc2)n1)OCc1ccccc1. The van der Waals surface area contributed by atoms with Crippen LogP contribution in [0.2, 0.25) is 0 Å². The maximum atomic E-state index is 11.8. The van der Waals surface area contributed by atoms with Crippen LogP contribution in [0.4, 0.5) is 10.6 Å². The molecule has 0 aliphatic heterocycles. The minimum Gasteiger partial charge on any atom is -0.444 e. The van der Waals surface area contributed by atoms with Gasteiger partial charge in [-0.3, -0.25) is 5.32 Å². The van der Waals surface area contributed by atoms with Gasteiger partial charge in [0, 0.05) is 16.7 Å². The monoisotopic (exact) mass is 371 g/mol. The van der Waals surface area contributed by atoms with Crippen molar-refractivity contribution in [3.63, 3.8) is 0 Å². The quantitative estimate of drug-likeness (QED) is 0.739. The second-order valence-electron chi connectivity index (χ2n) is 4.81. The lowest BCUT2D eigenvalue weighted by atomic mass is 10.2. The highest BCUT2D eigenvalue weighted by Crippen LogP contribution is 2.15. The van der Waals surface area contributed by atoms with Gasteiger partial charge >= 0.3 is 6.09 Å². The molecule has 3 aromatic rings. The number of hydrogen-bond donors (Lipinski definition) is 1. The zero-order valence-electron chi connectivity index (χ0n) is 12.1. The lowest BCUT2D eigenvalue weighted by Crippen LogP contribution is -2.14. The van der Waals surface area contributed by atoms with E-state index in [0.29, 0.717) is 5.82 Å². The molecule has 116 valence electrons. The fourth-order valence-electron chi connectivity index (χ4n) is 1.99. The van der Waals surface area contributed by atoms with Crippen molar-refractivity contribution < 1.29 is 9.53 Å². The first kappa shape index (κ1) is 15.3. The van der Waals surface area contributed by atoms with Crippen molar-refractivity contribution in [3.8, 4) is 5.69 Å². The summed E-state index contributed by atoms with van der Waals surface area (Å²) in [6.07, 6.45) is 1.24. The predicted molar refractivity (Wildman–Crippen MR) is 91.5 cm³/mol. The van der Waals surface area contributed by atoms with Crippen molar-refractivity contribution in [2.24, 2.45) is 0 Å². The molecule has 5 nitrogen and oxygen atoms in total. The molecule has 0 atom stereocenters. The number of carbonyl (C=O) groups excluding carboxylic acids is 1. The van der Waals surface area contributed by atoms with Crippen molar-refractivity contribution in [3.05, 3.63) is 76.9 Å². The molecule has 0 saturated carbocycles. The molecular weight excluding hydrogens is 358 g/mol. The summed E-state index contributed by atoms with van der Waals surface area (Å²) in [5.74, 6) is 0.436. The van der Waals surface area contributed by atoms with Gasteiger partial charge in [-0.15, -0.1) is 5.10 Å². The number of hydrogen-bond acceptors (Lipinski definition) is 3. The Balaban J connectivity index is 1.58. The first-order valence-electron chi connectivity index (χ1n) is 7.00. The summed E-state index contributed by atoms with van der Waals surface area (Å²) in [6, 6.07) is 18.9. The molecule has 0 unspecified atom stereocenters. The maximum Gasteiger partial charge on any atom is 0.413 e. The summed E-state index contributed by atoms with van der Waals surface area (Å²) in [6.45, 7) is 0.222. The molecule has 1 amide bonds. The van der Waals surface area contributed by atoms with Gasteiger partial charge in [0.2, 0.25) is 0 Å². The average molecular weight is 372 g/mol. The fourth-order valence-corrected chi connectivity index (χ4v) is 2.26. The molecule has 1 N–H and O–H groups in total. The van der Waals surface area contributed by atoms with E-state index in [1.54, 1.807) is 16.9 Å². The Labute approximate surface area is 142 Å². The number of benzene rings is 2. The van der Waals surface area contributed by atoms with Crippen LogP contribution < -0.4 is 5.32 Å². The van der Waals surface area contributed by atoms with Gasteiger partial charge in [-0.1, -0.05) is 46.3 Å². The van der Waals surface area contributed by atoms with Gasteiger partial charge in [0.05, 0.1) is 5.69 Å². The molecule has 2 aromatic carbocycles. The van der Waals surface area contributed by atoms with E-state index in [0.717, 1.165) is 15.7 Å². The number of anilines is 1. The van der Waals surface area contributed by atoms with Gasteiger partial charge in [0.15, 0.2) is 5.82 Å². The molecule has 3 rings (SSSR count). The highest BCUT2D eigenvalue weighted by atomic mass is 79.9. The van der Waals surface area contributed by atoms with Crippen molar-refractivity contribution in [2.45, 2.75) is 6.61 Å². The second-order valence-corrected chi connectivity index (χ2v) is 5.72. The minimum atomic E-state index is -0.532. The number of rotatable bonds is 4. The number of halogens is 1. The molecule has 1 heterocycles. The molecule has 0 radical (unpaired) electrons. The molecule has 0 aliphatic rings. The van der Waals surface area contributed by atoms with E-state index in [4.69, 9.17) is 4.74 Å².